The second-order valence-electron chi connectivity index (χ2n) is 5.23. The molecule has 2 rings (SSSR count). The predicted octanol–water partition coefficient (Wildman–Crippen LogP) is 1.89. The van der Waals surface area contributed by atoms with Crippen LogP contribution < -0.4 is 0 Å². The number of carboxylic acids is 1. The van der Waals surface area contributed by atoms with Crippen LogP contribution in [0.5, 0.6) is 0 Å². The van der Waals surface area contributed by atoms with Crippen LogP contribution in [0.2, 0.25) is 0 Å². The van der Waals surface area contributed by atoms with Crippen LogP contribution in [0.25, 0.3) is 0 Å². The summed E-state index contributed by atoms with van der Waals surface area (Å²) in [6, 6.07) is 0.333. The lowest BCUT2D eigenvalue weighted by atomic mass is 10.1. The first-order valence-corrected chi connectivity index (χ1v) is 6.68. The monoisotopic (exact) mass is 239 g/mol. The molecule has 0 aromatic rings. The highest BCUT2D eigenvalue weighted by Crippen LogP contribution is 2.41. The lowest BCUT2D eigenvalue weighted by molar-refractivity contribution is -0.142. The fourth-order valence-corrected chi connectivity index (χ4v) is 2.85. The molecule has 0 radical (unpaired) electrons. The summed E-state index contributed by atoms with van der Waals surface area (Å²) in [5, 5.41) is 8.88. The highest BCUT2D eigenvalue weighted by atomic mass is 16.4. The number of hydrogen-bond acceptors (Lipinski definition) is 2. The maximum absolute atomic E-state index is 12.3. The van der Waals surface area contributed by atoms with Gasteiger partial charge < -0.3 is 10.0 Å². The maximum atomic E-state index is 12.3. The van der Waals surface area contributed by atoms with E-state index in [1.165, 1.54) is 12.8 Å². The predicted molar refractivity (Wildman–Crippen MR) is 63.5 cm³/mol. The van der Waals surface area contributed by atoms with Gasteiger partial charge in [0, 0.05) is 12.6 Å². The minimum absolute atomic E-state index is 0.0890. The number of amides is 1. The second-order valence-corrected chi connectivity index (χ2v) is 5.23. The molecule has 96 valence electrons. The van der Waals surface area contributed by atoms with Crippen molar-refractivity contribution in [2.45, 2.75) is 51.5 Å². The lowest BCUT2D eigenvalue weighted by Crippen LogP contribution is -2.41. The molecular formula is C13H21NO3. The average Bonchev–Trinajstić information content (AvgIpc) is 3.11. The Hall–Kier alpha value is -1.06. The van der Waals surface area contributed by atoms with Gasteiger partial charge in [-0.1, -0.05) is 19.8 Å². The number of carbonyl (C=O) groups excluding carboxylic acids is 1. The number of nitrogens with zero attached hydrogens (tertiary/aromatic N) is 1. The average molecular weight is 239 g/mol. The summed E-state index contributed by atoms with van der Waals surface area (Å²) in [5.41, 5.74) is 0. The Morgan fingerprint density at radius 2 is 2.00 bits per heavy atom. The first-order valence-electron chi connectivity index (χ1n) is 6.68. The Balaban J connectivity index is 1.99. The molecule has 1 heterocycles. The highest BCUT2D eigenvalue weighted by Gasteiger charge is 2.50. The molecular weight excluding hydrogens is 218 g/mol. The summed E-state index contributed by atoms with van der Waals surface area (Å²) in [6.45, 7) is 2.93. The van der Waals surface area contributed by atoms with Crippen molar-refractivity contribution in [2.75, 3.05) is 6.54 Å². The Morgan fingerprint density at radius 3 is 2.59 bits per heavy atom. The van der Waals surface area contributed by atoms with Gasteiger partial charge in [-0.15, -0.1) is 0 Å². The summed E-state index contributed by atoms with van der Waals surface area (Å²) in [4.78, 5) is 25.0. The van der Waals surface area contributed by atoms with Crippen molar-refractivity contribution in [3.05, 3.63) is 0 Å². The quantitative estimate of drug-likeness (QED) is 0.818. The van der Waals surface area contributed by atoms with E-state index in [1.807, 2.05) is 4.90 Å². The Morgan fingerprint density at radius 1 is 1.24 bits per heavy atom. The number of aliphatic carboxylic acids is 1. The maximum Gasteiger partial charge on any atom is 0.307 e. The number of carbonyl (C=O) groups is 2. The van der Waals surface area contributed by atoms with E-state index < -0.39 is 11.9 Å². The number of likely N-dealkylation sites (tertiary alicyclic amines) is 1. The third-order valence-electron chi connectivity index (χ3n) is 4.06. The van der Waals surface area contributed by atoms with Crippen molar-refractivity contribution in [1.82, 2.24) is 4.90 Å². The fourth-order valence-electron chi connectivity index (χ4n) is 2.85. The van der Waals surface area contributed by atoms with Crippen LogP contribution in [0.15, 0.2) is 0 Å². The molecule has 0 aromatic heterocycles. The topological polar surface area (TPSA) is 57.6 Å². The van der Waals surface area contributed by atoms with E-state index in [4.69, 9.17) is 5.11 Å². The number of hydrogen-bond donors (Lipinski definition) is 1. The van der Waals surface area contributed by atoms with Crippen LogP contribution >= 0.6 is 0 Å². The first-order chi connectivity index (χ1) is 8.15. The third-order valence-corrected chi connectivity index (χ3v) is 4.06. The normalized spacial score (nSPS) is 33.0. The molecule has 1 saturated carbocycles. The van der Waals surface area contributed by atoms with Gasteiger partial charge in [-0.3, -0.25) is 9.59 Å². The molecule has 0 aromatic carbocycles. The smallest absolute Gasteiger partial charge is 0.307 e. The molecule has 1 N–H and O–H groups in total. The molecule has 0 spiro atoms. The second kappa shape index (κ2) is 5.07. The van der Waals surface area contributed by atoms with Crippen molar-refractivity contribution in [3.63, 3.8) is 0 Å². The molecule has 4 heteroatoms. The van der Waals surface area contributed by atoms with E-state index >= 15 is 0 Å². The van der Waals surface area contributed by atoms with E-state index in [2.05, 4.69) is 6.92 Å². The lowest BCUT2D eigenvalue weighted by Gasteiger charge is -2.29. The molecule has 2 aliphatic rings. The van der Waals surface area contributed by atoms with Gasteiger partial charge in [-0.2, -0.15) is 0 Å². The van der Waals surface area contributed by atoms with Crippen LogP contribution in [0.1, 0.15) is 45.4 Å². The summed E-state index contributed by atoms with van der Waals surface area (Å²) >= 11 is 0. The van der Waals surface area contributed by atoms with E-state index in [1.54, 1.807) is 0 Å². The summed E-state index contributed by atoms with van der Waals surface area (Å²) in [6.07, 6.45) is 6.04. The molecule has 1 saturated heterocycles. The molecule has 1 aliphatic heterocycles. The minimum Gasteiger partial charge on any atom is -0.481 e. The molecule has 0 bridgehead atoms. The standard InChI is InChI=1S/C13H21NO3/c1-2-9-6-4-3-5-7-14(9)12(15)10-8-11(10)13(16)17/h9-11H,2-8H2,1H3,(H,16,17)/t9?,10-,11+/m1/s1. The molecule has 1 unspecified atom stereocenters. The summed E-state index contributed by atoms with van der Waals surface area (Å²) < 4.78 is 0. The molecule has 3 atom stereocenters. The van der Waals surface area contributed by atoms with Gasteiger partial charge in [-0.25, -0.2) is 0 Å². The molecule has 17 heavy (non-hydrogen) atoms. The Labute approximate surface area is 102 Å². The van der Waals surface area contributed by atoms with Crippen LogP contribution in [0, 0.1) is 11.8 Å². The number of rotatable bonds is 3. The van der Waals surface area contributed by atoms with Crippen LogP contribution in [-0.4, -0.2) is 34.5 Å². The van der Waals surface area contributed by atoms with E-state index in [0.29, 0.717) is 12.5 Å². The molecule has 2 fully saturated rings. The SMILES string of the molecule is CCC1CCCCCN1C(=O)[C@@H]1C[C@@H]1C(=O)O. The van der Waals surface area contributed by atoms with Crippen LogP contribution in [0.3, 0.4) is 0 Å². The van der Waals surface area contributed by atoms with E-state index in [0.717, 1.165) is 25.8 Å². The third kappa shape index (κ3) is 2.61. The zero-order valence-electron chi connectivity index (χ0n) is 10.4. The largest absolute Gasteiger partial charge is 0.481 e. The van der Waals surface area contributed by atoms with Gasteiger partial charge in [0.05, 0.1) is 11.8 Å². The van der Waals surface area contributed by atoms with E-state index in [9.17, 15) is 9.59 Å². The van der Waals surface area contributed by atoms with E-state index in [-0.39, 0.29) is 11.8 Å². The van der Waals surface area contributed by atoms with Crippen molar-refractivity contribution >= 4 is 11.9 Å². The van der Waals surface area contributed by atoms with Gasteiger partial charge in [0.25, 0.3) is 0 Å². The number of carboxylic acid groups (broad SMARTS) is 1. The minimum atomic E-state index is -0.814. The van der Waals surface area contributed by atoms with Gasteiger partial charge in [0.2, 0.25) is 5.91 Å². The Kier molecular flexibility index (Phi) is 3.69. The van der Waals surface area contributed by atoms with Gasteiger partial charge in [0.1, 0.15) is 0 Å². The van der Waals surface area contributed by atoms with Crippen LogP contribution in [0.4, 0.5) is 0 Å². The van der Waals surface area contributed by atoms with Gasteiger partial charge in [-0.05, 0) is 25.7 Å². The fraction of sp³-hybridized carbons (Fsp3) is 0.846. The van der Waals surface area contributed by atoms with Crippen molar-refractivity contribution < 1.29 is 14.7 Å². The summed E-state index contributed by atoms with van der Waals surface area (Å²) in [5.74, 6) is -1.37. The zero-order chi connectivity index (χ0) is 12.4. The first kappa shape index (κ1) is 12.4. The van der Waals surface area contributed by atoms with Crippen molar-refractivity contribution in [3.8, 4) is 0 Å². The van der Waals surface area contributed by atoms with Crippen molar-refractivity contribution in [2.24, 2.45) is 11.8 Å². The van der Waals surface area contributed by atoms with Crippen molar-refractivity contribution in [1.29, 1.82) is 0 Å². The summed E-state index contributed by atoms with van der Waals surface area (Å²) in [7, 11) is 0. The highest BCUT2D eigenvalue weighted by molar-refractivity contribution is 5.89. The van der Waals surface area contributed by atoms with Gasteiger partial charge >= 0.3 is 5.97 Å². The molecule has 1 amide bonds. The molecule has 4 nitrogen and oxygen atoms in total. The zero-order valence-corrected chi connectivity index (χ0v) is 10.4. The van der Waals surface area contributed by atoms with Gasteiger partial charge in [0.15, 0.2) is 0 Å². The van der Waals surface area contributed by atoms with Crippen LogP contribution in [-0.2, 0) is 9.59 Å². The Bertz CT molecular complexity index is 316. The molecule has 1 aliphatic carbocycles.